The molecule has 0 aliphatic carbocycles. The number of H-pyrrole nitrogens is 4. The summed E-state index contributed by atoms with van der Waals surface area (Å²) in [5, 5.41) is 30.2. The molecule has 0 bridgehead atoms. The van der Waals surface area contributed by atoms with Gasteiger partial charge in [0.25, 0.3) is 0 Å². The number of piperidine rings is 2. The van der Waals surface area contributed by atoms with Gasteiger partial charge in [0, 0.05) is 149 Å². The van der Waals surface area contributed by atoms with E-state index in [-0.39, 0.29) is 118 Å². The summed E-state index contributed by atoms with van der Waals surface area (Å²) in [6, 6.07) is 4.73. The maximum atomic E-state index is 13.9. The monoisotopic (exact) mass is 1910 g/mol. The lowest BCUT2D eigenvalue weighted by atomic mass is 9.91. The zero-order valence-corrected chi connectivity index (χ0v) is 69.2. The van der Waals surface area contributed by atoms with E-state index in [2.05, 4.69) is 121 Å². The van der Waals surface area contributed by atoms with Crippen LogP contribution in [-0.2, 0) is 41.8 Å². The van der Waals surface area contributed by atoms with Crippen molar-refractivity contribution in [2.75, 3.05) is 72.0 Å². The van der Waals surface area contributed by atoms with Gasteiger partial charge >= 0.3 is 43.7 Å². The van der Waals surface area contributed by atoms with Crippen molar-refractivity contribution in [3.05, 3.63) is 217 Å². The molecule has 7 unspecified atom stereocenters. The normalized spacial score (nSPS) is 18.9. The number of hydrogen-bond acceptors (Lipinski definition) is 27. The van der Waals surface area contributed by atoms with Gasteiger partial charge < -0.3 is 35.0 Å². The Balaban J connectivity index is 0.000000125. The fourth-order valence-corrected chi connectivity index (χ4v) is 16.1. The molecule has 4 aliphatic heterocycles. The highest BCUT2D eigenvalue weighted by molar-refractivity contribution is 5.63. The SMILES string of the molecule is CC1CN(c2ccnc(-c3cnc4cnc(C(F)(F)F)cn34)n2)CC(c2cn[nH]c2C(F)(F)F)N1.CC1CN(c2ccnc(-c3cnc4cnc(C(F)(F)F)cn34)n2)CC(c2cn[nH]c2C(F)(F)F)N1.FC(F)OC1CC(c2cn[nH]c2)CN(c2ccnc(-c3cnc4cnc(C(F)(F)F)cn34)n2)C1.Fc1[nH]ncc1C1CCCN(c2ccnc(-c3cnc4cnc(C(F)(F)F)cn34)n2)C1. The molecule has 6 N–H and O–H groups in total. The third-order valence-corrected chi connectivity index (χ3v) is 22.1. The number of piperazine rings is 2. The van der Waals surface area contributed by atoms with Crippen LogP contribution in [0, 0.1) is 5.95 Å². The van der Waals surface area contributed by atoms with Crippen molar-refractivity contribution in [1.82, 2.24) is 149 Å². The molecule has 0 spiro atoms. The molecule has 0 saturated carbocycles. The van der Waals surface area contributed by atoms with E-state index in [0.717, 1.165) is 86.9 Å². The quantitative estimate of drug-likeness (QED) is 0.0551. The van der Waals surface area contributed by atoms with Crippen LogP contribution in [-0.4, -0.2) is 215 Å². The first-order valence-corrected chi connectivity index (χ1v) is 40.5. The standard InChI is InChI=1S/2C20H17F6N9.C20H17F5N8O.C19H16F4N8/c2*1-10-7-34(8-12(31-10)11-4-30-33-17(11)20(24,25)26)15-2-3-27-18(32-15)13-5-29-16-6-28-14(9-35(13)16)19(21,22)23;21-19(22)34-13-3-11(12-4-29-30-5-12)8-32(9-13)16-1-2-26-18(31-16)14-6-28-17-7-27-15(10-33(14)17)20(23,24)25;20-17-12(6-27-29-17)11-2-1-5-30(9-11)15-3-4-24-18(28-15)13-7-26-16-8-25-14(10-31(13)16)19(21,22)23/h2*2-6,9-10,12,31H,7-8H2,1H3,(H,30,33);1-2,4-7,10-11,13,19H,3,8-9H2,(H,29,30);3-4,6-8,10-11H,1-2,5,9H2,(H,27,29). The molecule has 135 heavy (non-hydrogen) atoms. The third kappa shape index (κ3) is 20.3. The molecule has 4 aliphatic rings. The topological polar surface area (TPSA) is 385 Å². The minimum absolute atomic E-state index is 0.0164. The van der Waals surface area contributed by atoms with Crippen molar-refractivity contribution in [1.29, 1.82) is 0 Å². The Bertz CT molecular complexity index is 6630. The average Bonchev–Trinajstić information content (AvgIpc) is 1.66. The first kappa shape index (κ1) is 92.1. The van der Waals surface area contributed by atoms with Crippen LogP contribution in [0.4, 0.5) is 115 Å². The Morgan fingerprint density at radius 3 is 1.07 bits per heavy atom. The number of fused-ring (bicyclic) bond motifs is 4. The highest BCUT2D eigenvalue weighted by atomic mass is 19.4. The molecule has 16 aromatic rings. The largest absolute Gasteiger partial charge is 0.434 e. The Hall–Kier alpha value is -14.8. The van der Waals surface area contributed by atoms with Gasteiger partial charge in [-0.15, -0.1) is 0 Å². The lowest BCUT2D eigenvalue weighted by Gasteiger charge is -2.38. The van der Waals surface area contributed by atoms with Gasteiger partial charge in [0.15, 0.2) is 68.7 Å². The number of nitrogens with one attached hydrogen (secondary N) is 6. The highest BCUT2D eigenvalue weighted by Crippen LogP contribution is 2.41. The third-order valence-electron chi connectivity index (χ3n) is 22.1. The van der Waals surface area contributed by atoms with Crippen LogP contribution in [0.25, 0.3) is 68.7 Å². The summed E-state index contributed by atoms with van der Waals surface area (Å²) in [6.07, 6.45) is -0.571. The van der Waals surface area contributed by atoms with E-state index in [1.54, 1.807) is 57.6 Å². The van der Waals surface area contributed by atoms with Crippen LogP contribution >= 0.6 is 0 Å². The lowest BCUT2D eigenvalue weighted by molar-refractivity contribution is -0.165. The van der Waals surface area contributed by atoms with Crippen molar-refractivity contribution < 1.29 is 96.9 Å². The minimum atomic E-state index is -4.65. The fraction of sp³-hybridized carbons (Fsp3) is 0.342. The number of halogens is 21. The number of anilines is 4. The predicted octanol–water partition coefficient (Wildman–Crippen LogP) is 14.0. The van der Waals surface area contributed by atoms with Gasteiger partial charge in [0.2, 0.25) is 5.95 Å². The van der Waals surface area contributed by atoms with Crippen LogP contribution in [0.15, 0.2) is 154 Å². The number of aromatic nitrogens is 28. The molecule has 20 heterocycles. The summed E-state index contributed by atoms with van der Waals surface area (Å²) in [4.78, 5) is 72.1. The van der Waals surface area contributed by atoms with Gasteiger partial charge in [-0.1, -0.05) is 0 Å². The van der Waals surface area contributed by atoms with Crippen molar-refractivity contribution in [2.24, 2.45) is 0 Å². The van der Waals surface area contributed by atoms with Crippen LogP contribution < -0.4 is 30.2 Å². The number of nitrogens with zero attached hydrogens (tertiary/aromatic N) is 28. The Labute approximate surface area is 742 Å². The Morgan fingerprint density at radius 2 is 0.726 bits per heavy atom. The molecule has 0 aromatic carbocycles. The van der Waals surface area contributed by atoms with Crippen LogP contribution in [0.5, 0.6) is 0 Å². The maximum Gasteiger partial charge on any atom is 0.434 e. The second-order valence-electron chi connectivity index (χ2n) is 31.3. The molecule has 0 radical (unpaired) electrons. The number of ether oxygens (including phenoxy) is 1. The second kappa shape index (κ2) is 36.7. The zero-order valence-electron chi connectivity index (χ0n) is 69.2. The summed E-state index contributed by atoms with van der Waals surface area (Å²) in [5.74, 6) is 1.80. The van der Waals surface area contributed by atoms with E-state index in [1.807, 2.05) is 28.9 Å². The van der Waals surface area contributed by atoms with E-state index >= 15 is 0 Å². The number of alkyl halides is 20. The first-order valence-electron chi connectivity index (χ1n) is 40.5. The van der Waals surface area contributed by atoms with Gasteiger partial charge in [-0.2, -0.15) is 113 Å². The van der Waals surface area contributed by atoms with Gasteiger partial charge in [-0.05, 0) is 62.9 Å². The van der Waals surface area contributed by atoms with Gasteiger partial charge in [-0.3, -0.25) is 38.0 Å². The van der Waals surface area contributed by atoms with Crippen LogP contribution in [0.3, 0.4) is 0 Å². The molecule has 706 valence electrons. The fourth-order valence-electron chi connectivity index (χ4n) is 16.1. The molecule has 35 nitrogen and oxygen atoms in total. The predicted molar refractivity (Wildman–Crippen MR) is 430 cm³/mol. The summed E-state index contributed by atoms with van der Waals surface area (Å²) in [5.41, 5.74) is -3.03. The van der Waals surface area contributed by atoms with E-state index in [0.29, 0.717) is 67.1 Å². The zero-order chi connectivity index (χ0) is 95.4. The summed E-state index contributed by atoms with van der Waals surface area (Å²) >= 11 is 0. The van der Waals surface area contributed by atoms with Crippen LogP contribution in [0.2, 0.25) is 0 Å². The molecule has 7 atom stereocenters. The molecular formula is C79H67F21N34O. The summed E-state index contributed by atoms with van der Waals surface area (Å²) in [6.45, 7) is 3.77. The lowest BCUT2D eigenvalue weighted by Crippen LogP contribution is -2.51. The Morgan fingerprint density at radius 1 is 0.370 bits per heavy atom. The number of hydrogen-bond donors (Lipinski definition) is 6. The van der Waals surface area contributed by atoms with E-state index < -0.39 is 102 Å². The van der Waals surface area contributed by atoms with E-state index in [9.17, 15) is 92.2 Å². The van der Waals surface area contributed by atoms with Crippen molar-refractivity contribution in [2.45, 2.75) is 119 Å². The van der Waals surface area contributed by atoms with Gasteiger partial charge in [0.05, 0.1) is 92.5 Å². The number of rotatable bonds is 14. The van der Waals surface area contributed by atoms with Gasteiger partial charge in [-0.25, -0.2) is 79.7 Å². The summed E-state index contributed by atoms with van der Waals surface area (Å²) < 4.78 is 287. The van der Waals surface area contributed by atoms with Crippen molar-refractivity contribution in [3.8, 4) is 46.1 Å². The second-order valence-corrected chi connectivity index (χ2v) is 31.3. The summed E-state index contributed by atoms with van der Waals surface area (Å²) in [7, 11) is 0. The molecule has 16 aromatic heterocycles. The van der Waals surface area contributed by atoms with E-state index in [1.165, 1.54) is 67.2 Å². The Kier molecular flexibility index (Phi) is 25.0. The van der Waals surface area contributed by atoms with Crippen molar-refractivity contribution >= 4 is 45.9 Å². The smallest absolute Gasteiger partial charge is 0.356 e. The molecule has 56 heteroatoms. The molecule has 0 amide bonds. The van der Waals surface area contributed by atoms with Crippen molar-refractivity contribution in [3.63, 3.8) is 0 Å². The first-order chi connectivity index (χ1) is 64.2. The molecular weight excluding hydrogens is 1840 g/mol. The number of imidazole rings is 4. The van der Waals surface area contributed by atoms with Gasteiger partial charge in [0.1, 0.15) is 57.4 Å². The van der Waals surface area contributed by atoms with Crippen LogP contribution in [0.1, 0.15) is 113 Å². The minimum Gasteiger partial charge on any atom is -0.356 e. The molecule has 4 fully saturated rings. The maximum absolute atomic E-state index is 13.9. The average molecular weight is 1910 g/mol. The van der Waals surface area contributed by atoms with E-state index in [4.69, 9.17) is 4.74 Å². The highest BCUT2D eigenvalue weighted by Gasteiger charge is 2.44. The molecule has 20 rings (SSSR count). The number of aromatic amines is 4. The molecule has 4 saturated heterocycles.